The number of benzene rings is 2. The van der Waals surface area contributed by atoms with Crippen molar-refractivity contribution in [1.82, 2.24) is 20.4 Å². The largest absolute Gasteiger partial charge is 0.497 e. The molecule has 2 N–H and O–H groups in total. The average Bonchev–Trinajstić information content (AvgIpc) is 3.44. The Balaban J connectivity index is 1.29. The molecule has 0 atom stereocenters. The fraction of sp³-hybridized carbons (Fsp3) is 0.240. The van der Waals surface area contributed by atoms with Crippen LogP contribution in [0.1, 0.15) is 35.3 Å². The number of aryl methyl sites for hydroxylation is 3. The van der Waals surface area contributed by atoms with Crippen molar-refractivity contribution in [2.24, 2.45) is 0 Å². The van der Waals surface area contributed by atoms with E-state index in [1.165, 1.54) is 0 Å². The van der Waals surface area contributed by atoms with E-state index in [-0.39, 0.29) is 12.3 Å². The average molecular weight is 447 g/mol. The molecule has 4 rings (SSSR count). The lowest BCUT2D eigenvalue weighted by molar-refractivity contribution is -0.121. The summed E-state index contributed by atoms with van der Waals surface area (Å²) in [4.78, 5) is 29.1. The third-order valence-corrected chi connectivity index (χ3v) is 5.47. The molecule has 0 bridgehead atoms. The second-order valence-corrected chi connectivity index (χ2v) is 7.60. The van der Waals surface area contributed by atoms with E-state index in [2.05, 4.69) is 20.4 Å². The summed E-state index contributed by atoms with van der Waals surface area (Å²) in [6.07, 6.45) is 0.590. The highest BCUT2D eigenvalue weighted by Gasteiger charge is 2.13. The summed E-state index contributed by atoms with van der Waals surface area (Å²) in [6, 6.07) is 16.6. The third-order valence-electron chi connectivity index (χ3n) is 5.47. The molecule has 8 heteroatoms. The number of hydrogen-bond donors (Lipinski definition) is 2. The molecule has 0 aliphatic rings. The summed E-state index contributed by atoms with van der Waals surface area (Å²) in [5.74, 6) is 2.38. The number of carbonyl (C=O) groups excluding carboxylic acids is 2. The predicted molar refractivity (Wildman–Crippen MR) is 125 cm³/mol. The zero-order chi connectivity index (χ0) is 23.4. The summed E-state index contributed by atoms with van der Waals surface area (Å²) < 4.78 is 13.1. The van der Waals surface area contributed by atoms with Gasteiger partial charge in [0.05, 0.1) is 18.1 Å². The zero-order valence-electron chi connectivity index (χ0n) is 18.8. The lowest BCUT2D eigenvalue weighted by Gasteiger charge is -2.07. The number of nitrogens with zero attached hydrogens (tertiary/aromatic N) is 2. The van der Waals surface area contributed by atoms with E-state index in [4.69, 9.17) is 9.15 Å². The fourth-order valence-corrected chi connectivity index (χ4v) is 3.71. The predicted octanol–water partition coefficient (Wildman–Crippen LogP) is 4.03. The number of hydrogen-bond acceptors (Lipinski definition) is 5. The molecule has 2 aromatic carbocycles. The minimum atomic E-state index is -0.395. The van der Waals surface area contributed by atoms with Gasteiger partial charge in [-0.1, -0.05) is 0 Å². The lowest BCUT2D eigenvalue weighted by Crippen LogP contribution is -2.41. The first-order chi connectivity index (χ1) is 16.0. The molecule has 2 amide bonds. The molecule has 170 valence electrons. The number of nitrogens with one attached hydrogen (secondary N) is 2. The standard InChI is InChI=1S/C25H26N4O4/c1-4-29-16(2)26-21-15-18(7-12-22(21)29)25(31)28-27-24(30)14-11-20-10-13-23(33-20)17-5-8-19(32-3)9-6-17/h5-10,12-13,15H,4,11,14H2,1-3H3,(H,27,30)(H,28,31). The SMILES string of the molecule is CCn1c(C)nc2cc(C(=O)NNC(=O)CCc3ccc(-c4ccc(OC)cc4)o3)ccc21. The molecule has 33 heavy (non-hydrogen) atoms. The summed E-state index contributed by atoms with van der Waals surface area (Å²) in [5.41, 5.74) is 8.00. The van der Waals surface area contributed by atoms with Gasteiger partial charge < -0.3 is 13.7 Å². The number of imidazole rings is 1. The van der Waals surface area contributed by atoms with Crippen LogP contribution in [0.25, 0.3) is 22.4 Å². The first-order valence-corrected chi connectivity index (χ1v) is 10.8. The number of aromatic nitrogens is 2. The molecule has 2 aromatic heterocycles. The lowest BCUT2D eigenvalue weighted by atomic mass is 10.2. The Morgan fingerprint density at radius 2 is 1.85 bits per heavy atom. The number of fused-ring (bicyclic) bond motifs is 1. The summed E-state index contributed by atoms with van der Waals surface area (Å²) in [7, 11) is 1.62. The Kier molecular flexibility index (Phi) is 6.44. The number of rotatable bonds is 7. The number of hydrazine groups is 1. The van der Waals surface area contributed by atoms with Crippen LogP contribution < -0.4 is 15.6 Å². The second-order valence-electron chi connectivity index (χ2n) is 7.60. The van der Waals surface area contributed by atoms with Crippen molar-refractivity contribution >= 4 is 22.8 Å². The Morgan fingerprint density at radius 3 is 2.58 bits per heavy atom. The number of methoxy groups -OCH3 is 1. The minimum Gasteiger partial charge on any atom is -0.497 e. The maximum atomic E-state index is 12.4. The molecule has 0 radical (unpaired) electrons. The molecule has 8 nitrogen and oxygen atoms in total. The van der Waals surface area contributed by atoms with Crippen LogP contribution in [0.15, 0.2) is 59.0 Å². The summed E-state index contributed by atoms with van der Waals surface area (Å²) in [6.45, 7) is 4.79. The number of ether oxygens (including phenoxy) is 1. The molecule has 2 heterocycles. The highest BCUT2D eigenvalue weighted by molar-refractivity contribution is 5.98. The van der Waals surface area contributed by atoms with Gasteiger partial charge in [0, 0.05) is 30.5 Å². The van der Waals surface area contributed by atoms with Crippen LogP contribution in [-0.4, -0.2) is 28.5 Å². The van der Waals surface area contributed by atoms with Crippen LogP contribution in [0.2, 0.25) is 0 Å². The first kappa shape index (κ1) is 22.1. The quantitative estimate of drug-likeness (QED) is 0.418. The van der Waals surface area contributed by atoms with E-state index in [0.29, 0.717) is 17.7 Å². The molecule has 0 saturated heterocycles. The van der Waals surface area contributed by atoms with Crippen molar-refractivity contribution in [2.45, 2.75) is 33.2 Å². The maximum absolute atomic E-state index is 12.4. The van der Waals surface area contributed by atoms with Crippen molar-refractivity contribution in [3.63, 3.8) is 0 Å². The van der Waals surface area contributed by atoms with E-state index in [0.717, 1.165) is 40.5 Å². The molecular weight excluding hydrogens is 420 g/mol. The normalized spacial score (nSPS) is 10.9. The van der Waals surface area contributed by atoms with Crippen molar-refractivity contribution in [3.05, 3.63) is 71.7 Å². The molecule has 0 spiro atoms. The number of amides is 2. The van der Waals surface area contributed by atoms with Crippen LogP contribution >= 0.6 is 0 Å². The van der Waals surface area contributed by atoms with Crippen molar-refractivity contribution < 1.29 is 18.7 Å². The Labute approximate surface area is 191 Å². The van der Waals surface area contributed by atoms with E-state index < -0.39 is 5.91 Å². The second kappa shape index (κ2) is 9.60. The zero-order valence-corrected chi connectivity index (χ0v) is 18.8. The molecule has 0 saturated carbocycles. The third kappa shape index (κ3) is 4.90. The van der Waals surface area contributed by atoms with Crippen molar-refractivity contribution in [2.75, 3.05) is 7.11 Å². The van der Waals surface area contributed by atoms with Gasteiger partial charge in [0.15, 0.2) is 0 Å². The van der Waals surface area contributed by atoms with Gasteiger partial charge in [0.25, 0.3) is 5.91 Å². The number of carbonyl (C=O) groups is 2. The molecule has 0 aliphatic heterocycles. The van der Waals surface area contributed by atoms with E-state index in [1.807, 2.05) is 56.3 Å². The molecule has 4 aromatic rings. The van der Waals surface area contributed by atoms with Gasteiger partial charge in [-0.05, 0) is 68.4 Å². The van der Waals surface area contributed by atoms with Gasteiger partial charge in [0.2, 0.25) is 5.91 Å². The summed E-state index contributed by atoms with van der Waals surface area (Å²) in [5, 5.41) is 0. The smallest absolute Gasteiger partial charge is 0.269 e. The first-order valence-electron chi connectivity index (χ1n) is 10.8. The molecular formula is C25H26N4O4. The number of furan rings is 1. The van der Waals surface area contributed by atoms with E-state index in [1.54, 1.807) is 19.2 Å². The van der Waals surface area contributed by atoms with Crippen molar-refractivity contribution in [1.29, 1.82) is 0 Å². The fourth-order valence-electron chi connectivity index (χ4n) is 3.71. The van der Waals surface area contributed by atoms with Gasteiger partial charge in [-0.25, -0.2) is 4.98 Å². The molecule has 0 fully saturated rings. The maximum Gasteiger partial charge on any atom is 0.269 e. The Bertz CT molecular complexity index is 1290. The molecule has 0 unspecified atom stereocenters. The van der Waals surface area contributed by atoms with Crippen LogP contribution in [0.5, 0.6) is 5.75 Å². The van der Waals surface area contributed by atoms with Gasteiger partial charge in [-0.3, -0.25) is 20.4 Å². The highest BCUT2D eigenvalue weighted by atomic mass is 16.5. The summed E-state index contributed by atoms with van der Waals surface area (Å²) >= 11 is 0. The van der Waals surface area contributed by atoms with Gasteiger partial charge >= 0.3 is 0 Å². The van der Waals surface area contributed by atoms with Crippen LogP contribution in [-0.2, 0) is 17.8 Å². The van der Waals surface area contributed by atoms with Crippen molar-refractivity contribution in [3.8, 4) is 17.1 Å². The van der Waals surface area contributed by atoms with Crippen LogP contribution in [0.3, 0.4) is 0 Å². The monoisotopic (exact) mass is 446 g/mol. The highest BCUT2D eigenvalue weighted by Crippen LogP contribution is 2.25. The van der Waals surface area contributed by atoms with Crippen LogP contribution in [0.4, 0.5) is 0 Å². The van der Waals surface area contributed by atoms with Crippen LogP contribution in [0, 0.1) is 6.92 Å². The van der Waals surface area contributed by atoms with E-state index >= 15 is 0 Å². The van der Waals surface area contributed by atoms with Gasteiger partial charge in [0.1, 0.15) is 23.1 Å². The van der Waals surface area contributed by atoms with E-state index in [9.17, 15) is 9.59 Å². The van der Waals surface area contributed by atoms with Gasteiger partial charge in [-0.15, -0.1) is 0 Å². The topological polar surface area (TPSA) is 98.4 Å². The Hall–Kier alpha value is -4.07. The minimum absolute atomic E-state index is 0.176. The van der Waals surface area contributed by atoms with Gasteiger partial charge in [-0.2, -0.15) is 0 Å². The molecule has 0 aliphatic carbocycles. The Morgan fingerprint density at radius 1 is 1.06 bits per heavy atom.